The Balaban J connectivity index is 1.34. The quantitative estimate of drug-likeness (QED) is 0.474. The fraction of sp³-hybridized carbons (Fsp3) is 0.562. The van der Waals surface area contributed by atoms with Gasteiger partial charge in [0.2, 0.25) is 5.91 Å². The molecule has 1 saturated heterocycles. The number of likely N-dealkylation sites (tertiary alicyclic amines) is 1. The molecule has 3 fully saturated rings. The number of hydrogen-bond donors (Lipinski definition) is 1. The van der Waals surface area contributed by atoms with Crippen LogP contribution in [0.4, 0.5) is 0 Å². The summed E-state index contributed by atoms with van der Waals surface area (Å²) >= 11 is 0. The van der Waals surface area contributed by atoms with Crippen LogP contribution in [0.1, 0.15) is 55.7 Å². The van der Waals surface area contributed by atoms with E-state index in [1.54, 1.807) is 21.3 Å². The SMILES string of the molecule is COc1ccc(CNC(=O)C2C[C@]34CCN(CC5CC5)[C@H](Cc5ccc(OC)cc53)[C@]4(OC(C)=O)C2)c(OC)c1. The number of esters is 1. The molecule has 1 heterocycles. The van der Waals surface area contributed by atoms with Crippen LogP contribution in [0.15, 0.2) is 36.4 Å². The topological polar surface area (TPSA) is 86.3 Å². The summed E-state index contributed by atoms with van der Waals surface area (Å²) in [4.78, 5) is 29.2. The van der Waals surface area contributed by atoms with E-state index in [9.17, 15) is 9.59 Å². The first-order valence-electron chi connectivity index (χ1n) is 14.4. The molecule has 1 aliphatic heterocycles. The van der Waals surface area contributed by atoms with Crippen molar-refractivity contribution in [2.75, 3.05) is 34.4 Å². The van der Waals surface area contributed by atoms with Crippen molar-refractivity contribution in [2.24, 2.45) is 11.8 Å². The number of benzene rings is 2. The van der Waals surface area contributed by atoms with Crippen LogP contribution < -0.4 is 19.5 Å². The van der Waals surface area contributed by atoms with Gasteiger partial charge in [0.05, 0.1) is 27.4 Å². The number of carbonyl (C=O) groups is 2. The van der Waals surface area contributed by atoms with Crippen LogP contribution in [0, 0.1) is 11.8 Å². The number of amides is 1. The average Bonchev–Trinajstić information content (AvgIpc) is 3.70. The Hall–Kier alpha value is -3.26. The smallest absolute Gasteiger partial charge is 0.303 e. The number of rotatable bonds is 9. The number of hydrogen-bond acceptors (Lipinski definition) is 7. The molecule has 1 N–H and O–H groups in total. The van der Waals surface area contributed by atoms with Gasteiger partial charge in [0, 0.05) is 49.4 Å². The van der Waals surface area contributed by atoms with Gasteiger partial charge in [-0.25, -0.2) is 0 Å². The average molecular weight is 549 g/mol. The lowest BCUT2D eigenvalue weighted by atomic mass is 9.56. The lowest BCUT2D eigenvalue weighted by Crippen LogP contribution is -2.70. The molecule has 0 spiro atoms. The van der Waals surface area contributed by atoms with Gasteiger partial charge in [-0.05, 0) is 80.0 Å². The maximum atomic E-state index is 13.8. The van der Waals surface area contributed by atoms with E-state index >= 15 is 0 Å². The third kappa shape index (κ3) is 4.41. The van der Waals surface area contributed by atoms with Gasteiger partial charge in [-0.15, -0.1) is 0 Å². The molecule has 40 heavy (non-hydrogen) atoms. The van der Waals surface area contributed by atoms with Crippen molar-refractivity contribution in [3.05, 3.63) is 53.1 Å². The fourth-order valence-electron chi connectivity index (χ4n) is 7.89. The molecule has 6 rings (SSSR count). The maximum Gasteiger partial charge on any atom is 0.303 e. The zero-order valence-corrected chi connectivity index (χ0v) is 24.0. The molecule has 1 amide bonds. The van der Waals surface area contributed by atoms with Gasteiger partial charge >= 0.3 is 5.97 Å². The Bertz CT molecular complexity index is 1310. The van der Waals surface area contributed by atoms with Crippen LogP contribution in [0.2, 0.25) is 0 Å². The highest BCUT2D eigenvalue weighted by Crippen LogP contribution is 2.63. The molecule has 0 aromatic heterocycles. The second-order valence-corrected chi connectivity index (χ2v) is 12.0. The van der Waals surface area contributed by atoms with Crippen molar-refractivity contribution >= 4 is 11.9 Å². The van der Waals surface area contributed by atoms with Crippen molar-refractivity contribution in [1.82, 2.24) is 10.2 Å². The molecular formula is C32H40N2O6. The Kier molecular flexibility index (Phi) is 6.93. The predicted molar refractivity (Wildman–Crippen MR) is 150 cm³/mol. The Morgan fingerprint density at radius 2 is 1.75 bits per heavy atom. The minimum absolute atomic E-state index is 0.0167. The summed E-state index contributed by atoms with van der Waals surface area (Å²) in [5.41, 5.74) is 2.14. The van der Waals surface area contributed by atoms with E-state index in [2.05, 4.69) is 22.3 Å². The monoisotopic (exact) mass is 548 g/mol. The highest BCUT2D eigenvalue weighted by molar-refractivity contribution is 5.80. The number of piperidine rings is 1. The molecule has 3 aliphatic carbocycles. The van der Waals surface area contributed by atoms with E-state index in [1.807, 2.05) is 24.3 Å². The van der Waals surface area contributed by atoms with Gasteiger partial charge in [-0.1, -0.05) is 6.07 Å². The lowest BCUT2D eigenvalue weighted by Gasteiger charge is -2.60. The number of ether oxygens (including phenoxy) is 4. The summed E-state index contributed by atoms with van der Waals surface area (Å²) in [6.07, 6.45) is 5.34. The van der Waals surface area contributed by atoms with E-state index < -0.39 is 11.0 Å². The molecule has 4 atom stereocenters. The van der Waals surface area contributed by atoms with Gasteiger partial charge in [-0.3, -0.25) is 14.5 Å². The Morgan fingerprint density at radius 3 is 2.45 bits per heavy atom. The summed E-state index contributed by atoms with van der Waals surface area (Å²) in [7, 11) is 4.91. The molecule has 214 valence electrons. The third-order valence-electron chi connectivity index (χ3n) is 9.84. The van der Waals surface area contributed by atoms with Crippen LogP contribution in [-0.2, 0) is 32.7 Å². The van der Waals surface area contributed by atoms with Gasteiger partial charge in [0.15, 0.2) is 0 Å². The van der Waals surface area contributed by atoms with Crippen molar-refractivity contribution in [3.63, 3.8) is 0 Å². The molecule has 4 aliphatic rings. The summed E-state index contributed by atoms with van der Waals surface area (Å²) in [6, 6.07) is 12.0. The number of carbonyl (C=O) groups excluding carboxylic acids is 2. The maximum absolute atomic E-state index is 13.8. The summed E-state index contributed by atoms with van der Waals surface area (Å²) in [6.45, 7) is 3.83. The van der Waals surface area contributed by atoms with Crippen molar-refractivity contribution in [3.8, 4) is 17.2 Å². The highest BCUT2D eigenvalue weighted by Gasteiger charge is 2.70. The second-order valence-electron chi connectivity index (χ2n) is 12.0. The molecule has 8 nitrogen and oxygen atoms in total. The van der Waals surface area contributed by atoms with Crippen LogP contribution in [-0.4, -0.2) is 62.8 Å². The normalized spacial score (nSPS) is 28.7. The summed E-state index contributed by atoms with van der Waals surface area (Å²) < 4.78 is 23.0. The Labute approximate surface area is 236 Å². The number of fused-ring (bicyclic) bond motifs is 1. The molecule has 2 bridgehead atoms. The number of nitrogens with one attached hydrogen (secondary N) is 1. The Morgan fingerprint density at radius 1 is 1.00 bits per heavy atom. The van der Waals surface area contributed by atoms with Gasteiger partial charge in [0.1, 0.15) is 22.8 Å². The van der Waals surface area contributed by atoms with Gasteiger partial charge in [0.25, 0.3) is 0 Å². The first-order chi connectivity index (χ1) is 19.3. The van der Waals surface area contributed by atoms with Crippen molar-refractivity contribution < 1.29 is 28.5 Å². The number of methoxy groups -OCH3 is 3. The summed E-state index contributed by atoms with van der Waals surface area (Å²) in [5, 5.41) is 3.17. The third-order valence-corrected chi connectivity index (χ3v) is 9.84. The predicted octanol–water partition coefficient (Wildman–Crippen LogP) is 4.02. The van der Waals surface area contributed by atoms with Gasteiger partial charge in [-0.2, -0.15) is 0 Å². The summed E-state index contributed by atoms with van der Waals surface area (Å²) in [5.74, 6) is 2.30. The lowest BCUT2D eigenvalue weighted by molar-refractivity contribution is -0.189. The first kappa shape index (κ1) is 26.9. The molecule has 2 aromatic carbocycles. The van der Waals surface area contributed by atoms with Crippen LogP contribution in [0.5, 0.6) is 17.2 Å². The highest BCUT2D eigenvalue weighted by atomic mass is 16.6. The molecule has 2 aromatic rings. The molecular weight excluding hydrogens is 508 g/mol. The molecule has 8 heteroatoms. The van der Waals surface area contributed by atoms with E-state index in [1.165, 1.54) is 30.9 Å². The van der Waals surface area contributed by atoms with E-state index in [4.69, 9.17) is 18.9 Å². The zero-order valence-electron chi connectivity index (χ0n) is 24.0. The van der Waals surface area contributed by atoms with Crippen molar-refractivity contribution in [1.29, 1.82) is 0 Å². The first-order valence-corrected chi connectivity index (χ1v) is 14.4. The molecule has 1 unspecified atom stereocenters. The van der Waals surface area contributed by atoms with Crippen molar-refractivity contribution in [2.45, 2.75) is 69.1 Å². The minimum Gasteiger partial charge on any atom is -0.497 e. The van der Waals surface area contributed by atoms with Gasteiger partial charge < -0.3 is 24.3 Å². The van der Waals surface area contributed by atoms with E-state index in [0.717, 1.165) is 43.2 Å². The minimum atomic E-state index is -0.759. The van der Waals surface area contributed by atoms with E-state index in [-0.39, 0.29) is 23.8 Å². The molecule has 2 saturated carbocycles. The second kappa shape index (κ2) is 10.3. The standard InChI is InChI=1S/C32H40N2O6/c1-20(35)40-32-17-24(30(36)33-18-23-8-10-26(38-3)15-28(23)39-4)16-31(32)11-12-34(19-21-5-6-21)29(32)13-22-7-9-25(37-2)14-27(22)31/h7-10,14-15,21,24,29H,5-6,11-13,16-19H2,1-4H3,(H,33,36)/t24?,29-,31-,32-/m1/s1. The number of nitrogens with zero attached hydrogens (tertiary/aromatic N) is 1. The van der Waals surface area contributed by atoms with Crippen LogP contribution >= 0.6 is 0 Å². The van der Waals surface area contributed by atoms with E-state index in [0.29, 0.717) is 30.9 Å². The van der Waals surface area contributed by atoms with Crippen LogP contribution in [0.3, 0.4) is 0 Å². The molecule has 0 radical (unpaired) electrons. The zero-order chi connectivity index (χ0) is 28.1. The largest absolute Gasteiger partial charge is 0.497 e. The fourth-order valence-corrected chi connectivity index (χ4v) is 7.89. The van der Waals surface area contributed by atoms with Crippen LogP contribution in [0.25, 0.3) is 0 Å².